The molecule has 1 saturated carbocycles. The van der Waals surface area contributed by atoms with E-state index in [1.54, 1.807) is 0 Å². The maximum Gasteiger partial charge on any atom is 0.115 e. The van der Waals surface area contributed by atoms with Gasteiger partial charge >= 0.3 is 0 Å². The van der Waals surface area contributed by atoms with E-state index in [1.165, 1.54) is 38.6 Å². The summed E-state index contributed by atoms with van der Waals surface area (Å²) in [4.78, 5) is 0. The second kappa shape index (κ2) is 5.28. The minimum atomic E-state index is -0.0668. The quantitative estimate of drug-likeness (QED) is 0.693. The number of methoxy groups -OCH3 is 1. The van der Waals surface area contributed by atoms with Gasteiger partial charge in [0.05, 0.1) is 12.6 Å². The monoisotopic (exact) mass is 214 g/mol. The molecule has 2 fully saturated rings. The average molecular weight is 214 g/mol. The molecule has 1 aliphatic heterocycles. The van der Waals surface area contributed by atoms with Crippen molar-refractivity contribution in [3.8, 4) is 0 Å². The maximum absolute atomic E-state index is 9.98. The molecule has 88 valence electrons. The molecule has 3 N–H and O–H groups in total. The number of aliphatic hydroxyl groups excluding tert-OH is 1. The van der Waals surface area contributed by atoms with Crippen LogP contribution >= 0.6 is 0 Å². The largest absolute Gasteiger partial charge is 0.387 e. The van der Waals surface area contributed by atoms with Crippen molar-refractivity contribution >= 4 is 0 Å². The highest BCUT2D eigenvalue weighted by Gasteiger charge is 2.36. The van der Waals surface area contributed by atoms with Crippen LogP contribution in [0.5, 0.6) is 0 Å². The van der Waals surface area contributed by atoms with E-state index < -0.39 is 0 Å². The minimum Gasteiger partial charge on any atom is -0.387 e. The third-order valence-electron chi connectivity index (χ3n) is 4.18. The van der Waals surface area contributed by atoms with Gasteiger partial charge in [-0.3, -0.25) is 0 Å². The van der Waals surface area contributed by atoms with E-state index >= 15 is 0 Å². The van der Waals surface area contributed by atoms with Crippen molar-refractivity contribution in [1.82, 2.24) is 0 Å². The number of hydrogen-bond donors (Lipinski definition) is 2. The lowest BCUT2D eigenvalue weighted by Gasteiger charge is -2.36. The van der Waals surface area contributed by atoms with Gasteiger partial charge in [-0.25, -0.2) is 0 Å². The summed E-state index contributed by atoms with van der Waals surface area (Å²) in [5.41, 5.74) is 0. The highest BCUT2D eigenvalue weighted by molar-refractivity contribution is 4.82. The van der Waals surface area contributed by atoms with Crippen LogP contribution in [-0.2, 0) is 4.74 Å². The summed E-state index contributed by atoms with van der Waals surface area (Å²) >= 11 is 0. The van der Waals surface area contributed by atoms with Gasteiger partial charge in [0.25, 0.3) is 0 Å². The third kappa shape index (κ3) is 2.71. The molecule has 0 spiro atoms. The SMILES string of the molecule is COC1CCC(C2[NH2+]CCCC2O)CC1. The molecule has 2 unspecified atom stereocenters. The first kappa shape index (κ1) is 11.4. The van der Waals surface area contributed by atoms with Crippen molar-refractivity contribution in [3.05, 3.63) is 0 Å². The highest BCUT2D eigenvalue weighted by Crippen LogP contribution is 2.29. The van der Waals surface area contributed by atoms with E-state index in [1.807, 2.05) is 7.11 Å². The Labute approximate surface area is 92.2 Å². The summed E-state index contributed by atoms with van der Waals surface area (Å²) in [6.07, 6.45) is 7.41. The Morgan fingerprint density at radius 1 is 1.13 bits per heavy atom. The van der Waals surface area contributed by atoms with Crippen LogP contribution in [0.25, 0.3) is 0 Å². The molecule has 2 rings (SSSR count). The van der Waals surface area contributed by atoms with E-state index in [0.717, 1.165) is 6.42 Å². The average Bonchev–Trinajstić information content (AvgIpc) is 2.30. The molecule has 3 heteroatoms. The van der Waals surface area contributed by atoms with E-state index in [4.69, 9.17) is 4.74 Å². The van der Waals surface area contributed by atoms with Crippen LogP contribution in [0.2, 0.25) is 0 Å². The number of nitrogens with two attached hydrogens (primary N) is 1. The molecular formula is C12H24NO2+. The number of aliphatic hydroxyl groups is 1. The summed E-state index contributed by atoms with van der Waals surface area (Å²) in [6, 6.07) is 0.469. The number of ether oxygens (including phenoxy) is 1. The fourth-order valence-corrected chi connectivity index (χ4v) is 3.20. The second-order valence-electron chi connectivity index (χ2n) is 5.08. The summed E-state index contributed by atoms with van der Waals surface area (Å²) < 4.78 is 5.38. The third-order valence-corrected chi connectivity index (χ3v) is 4.18. The first-order chi connectivity index (χ1) is 7.31. The summed E-state index contributed by atoms with van der Waals surface area (Å²) in [5.74, 6) is 0.715. The van der Waals surface area contributed by atoms with Gasteiger partial charge in [-0.05, 0) is 38.5 Å². The Hall–Kier alpha value is -0.120. The lowest BCUT2D eigenvalue weighted by molar-refractivity contribution is -0.712. The van der Waals surface area contributed by atoms with Gasteiger partial charge in [0.1, 0.15) is 12.1 Å². The molecule has 1 saturated heterocycles. The molecule has 0 aromatic rings. The Bertz CT molecular complexity index is 190. The van der Waals surface area contributed by atoms with Crippen molar-refractivity contribution in [2.75, 3.05) is 13.7 Å². The molecule has 2 atom stereocenters. The van der Waals surface area contributed by atoms with Crippen LogP contribution in [0.15, 0.2) is 0 Å². The molecule has 0 aromatic carbocycles. The van der Waals surface area contributed by atoms with Gasteiger partial charge in [-0.2, -0.15) is 0 Å². The predicted octanol–water partition coefficient (Wildman–Crippen LogP) is 0.278. The van der Waals surface area contributed by atoms with Gasteiger partial charge in [0.15, 0.2) is 0 Å². The molecule has 3 nitrogen and oxygen atoms in total. The van der Waals surface area contributed by atoms with E-state index in [0.29, 0.717) is 18.1 Å². The van der Waals surface area contributed by atoms with Crippen LogP contribution < -0.4 is 5.32 Å². The van der Waals surface area contributed by atoms with Gasteiger partial charge in [0.2, 0.25) is 0 Å². The minimum absolute atomic E-state index is 0.0668. The summed E-state index contributed by atoms with van der Waals surface area (Å²) in [5, 5.41) is 12.3. The second-order valence-corrected chi connectivity index (χ2v) is 5.08. The smallest absolute Gasteiger partial charge is 0.115 e. The normalized spacial score (nSPS) is 42.8. The fourth-order valence-electron chi connectivity index (χ4n) is 3.20. The van der Waals surface area contributed by atoms with Crippen LogP contribution in [0.4, 0.5) is 0 Å². The predicted molar refractivity (Wildman–Crippen MR) is 58.6 cm³/mol. The lowest BCUT2D eigenvalue weighted by Crippen LogP contribution is -2.95. The molecule has 0 amide bonds. The van der Waals surface area contributed by atoms with E-state index in [-0.39, 0.29) is 6.10 Å². The standard InChI is InChI=1S/C12H23NO2/c1-15-10-6-4-9(5-7-10)12-11(14)3-2-8-13-12/h9-14H,2-8H2,1H3/p+1. The molecule has 1 aliphatic carbocycles. The van der Waals surface area contributed by atoms with Gasteiger partial charge < -0.3 is 15.2 Å². The zero-order chi connectivity index (χ0) is 10.7. The van der Waals surface area contributed by atoms with Gasteiger partial charge in [0, 0.05) is 13.0 Å². The van der Waals surface area contributed by atoms with Crippen LogP contribution in [-0.4, -0.2) is 37.0 Å². The number of quaternary nitrogens is 1. The Morgan fingerprint density at radius 3 is 2.47 bits per heavy atom. The molecule has 15 heavy (non-hydrogen) atoms. The number of hydrogen-bond acceptors (Lipinski definition) is 2. The number of piperidine rings is 1. The first-order valence-corrected chi connectivity index (χ1v) is 6.35. The van der Waals surface area contributed by atoms with Gasteiger partial charge in [-0.1, -0.05) is 0 Å². The Kier molecular flexibility index (Phi) is 4.00. The van der Waals surface area contributed by atoms with Gasteiger partial charge in [-0.15, -0.1) is 0 Å². The van der Waals surface area contributed by atoms with Crippen LogP contribution in [0.3, 0.4) is 0 Å². The Balaban J connectivity index is 1.83. The number of rotatable bonds is 2. The van der Waals surface area contributed by atoms with Crippen molar-refractivity contribution in [3.63, 3.8) is 0 Å². The van der Waals surface area contributed by atoms with Crippen molar-refractivity contribution < 1.29 is 15.2 Å². The topological polar surface area (TPSA) is 46.1 Å². The molecule has 0 aromatic heterocycles. The highest BCUT2D eigenvalue weighted by atomic mass is 16.5. The maximum atomic E-state index is 9.98. The zero-order valence-corrected chi connectivity index (χ0v) is 9.69. The summed E-state index contributed by atoms with van der Waals surface area (Å²) in [6.45, 7) is 1.20. The van der Waals surface area contributed by atoms with E-state index in [2.05, 4.69) is 5.32 Å². The Morgan fingerprint density at radius 2 is 1.87 bits per heavy atom. The molecular weight excluding hydrogens is 190 g/mol. The molecule has 0 radical (unpaired) electrons. The van der Waals surface area contributed by atoms with Crippen molar-refractivity contribution in [2.45, 2.75) is 56.8 Å². The lowest BCUT2D eigenvalue weighted by atomic mass is 9.79. The fraction of sp³-hybridized carbons (Fsp3) is 1.00. The molecule has 1 heterocycles. The molecule has 0 bridgehead atoms. The van der Waals surface area contributed by atoms with Crippen LogP contribution in [0.1, 0.15) is 38.5 Å². The van der Waals surface area contributed by atoms with Crippen molar-refractivity contribution in [2.24, 2.45) is 5.92 Å². The zero-order valence-electron chi connectivity index (χ0n) is 9.69. The molecule has 2 aliphatic rings. The van der Waals surface area contributed by atoms with Crippen LogP contribution in [0, 0.1) is 5.92 Å². The van der Waals surface area contributed by atoms with E-state index in [9.17, 15) is 5.11 Å². The first-order valence-electron chi connectivity index (χ1n) is 6.35. The summed E-state index contributed by atoms with van der Waals surface area (Å²) in [7, 11) is 1.81. The van der Waals surface area contributed by atoms with Crippen molar-refractivity contribution in [1.29, 1.82) is 0 Å².